The van der Waals surface area contributed by atoms with E-state index in [0.717, 1.165) is 5.56 Å². The number of halogens is 2. The Kier molecular flexibility index (Phi) is 7.30. The van der Waals surface area contributed by atoms with Gasteiger partial charge >= 0.3 is 0 Å². The smallest absolute Gasteiger partial charge is 0.234 e. The van der Waals surface area contributed by atoms with Crippen LogP contribution < -0.4 is 5.32 Å². The molecular formula is C20H22ClFN2O2. The van der Waals surface area contributed by atoms with Gasteiger partial charge in [-0.05, 0) is 38.1 Å². The fourth-order valence-corrected chi connectivity index (χ4v) is 2.86. The Morgan fingerprint density at radius 3 is 2.46 bits per heavy atom. The maximum atomic E-state index is 13.9. The van der Waals surface area contributed by atoms with Crippen LogP contribution in [0.4, 0.5) is 4.39 Å². The summed E-state index contributed by atoms with van der Waals surface area (Å²) in [6.45, 7) is 1.68. The predicted molar refractivity (Wildman–Crippen MR) is 101 cm³/mol. The van der Waals surface area contributed by atoms with Gasteiger partial charge in [0.25, 0.3) is 0 Å². The van der Waals surface area contributed by atoms with E-state index in [1.807, 2.05) is 30.3 Å². The molecule has 0 aromatic heterocycles. The summed E-state index contributed by atoms with van der Waals surface area (Å²) >= 11 is 6.01. The van der Waals surface area contributed by atoms with Crippen molar-refractivity contribution in [1.82, 2.24) is 10.2 Å². The minimum Gasteiger partial charge on any atom is -0.345 e. The molecule has 0 fully saturated rings. The van der Waals surface area contributed by atoms with Crippen molar-refractivity contribution >= 4 is 23.3 Å². The second kappa shape index (κ2) is 9.46. The van der Waals surface area contributed by atoms with Crippen molar-refractivity contribution in [3.05, 3.63) is 70.5 Å². The Hall–Kier alpha value is -2.24. The van der Waals surface area contributed by atoms with E-state index in [1.165, 1.54) is 19.1 Å². The zero-order chi connectivity index (χ0) is 19.1. The zero-order valence-electron chi connectivity index (χ0n) is 14.8. The van der Waals surface area contributed by atoms with Crippen LogP contribution in [-0.2, 0) is 22.6 Å². The molecular weight excluding hydrogens is 355 g/mol. The van der Waals surface area contributed by atoms with Crippen LogP contribution in [0.5, 0.6) is 0 Å². The summed E-state index contributed by atoms with van der Waals surface area (Å²) in [7, 11) is 1.70. The number of carbonyl (C=O) groups excluding carboxylic acids is 2. The van der Waals surface area contributed by atoms with E-state index in [2.05, 4.69) is 5.32 Å². The van der Waals surface area contributed by atoms with Gasteiger partial charge in [-0.3, -0.25) is 14.5 Å². The number of ketones is 1. The number of hydrogen-bond acceptors (Lipinski definition) is 3. The molecule has 26 heavy (non-hydrogen) atoms. The van der Waals surface area contributed by atoms with E-state index in [4.69, 9.17) is 11.6 Å². The van der Waals surface area contributed by atoms with Crippen molar-refractivity contribution in [2.45, 2.75) is 25.9 Å². The molecule has 0 unspecified atom stereocenters. The maximum Gasteiger partial charge on any atom is 0.234 e. The van der Waals surface area contributed by atoms with E-state index in [9.17, 15) is 14.0 Å². The van der Waals surface area contributed by atoms with Gasteiger partial charge < -0.3 is 5.32 Å². The van der Waals surface area contributed by atoms with Gasteiger partial charge in [-0.25, -0.2) is 4.39 Å². The second-order valence-corrected chi connectivity index (χ2v) is 6.70. The standard InChI is InChI=1S/C20H22ClFN2O2/c1-14(25)19(11-15-7-4-3-5-8-15)23-20(26)13-24(2)12-16-17(21)9-6-10-18(16)22/h3-10,19H,11-13H2,1-2H3,(H,23,26)/t19-/m0/s1. The van der Waals surface area contributed by atoms with Crippen molar-refractivity contribution in [2.75, 3.05) is 13.6 Å². The highest BCUT2D eigenvalue weighted by Gasteiger charge is 2.19. The third-order valence-electron chi connectivity index (χ3n) is 4.01. The number of hydrogen-bond donors (Lipinski definition) is 1. The maximum absolute atomic E-state index is 13.9. The van der Waals surface area contributed by atoms with E-state index in [0.29, 0.717) is 17.0 Å². The van der Waals surface area contributed by atoms with Gasteiger partial charge in [0.2, 0.25) is 5.91 Å². The molecule has 0 aliphatic heterocycles. The van der Waals surface area contributed by atoms with Crippen LogP contribution in [-0.4, -0.2) is 36.2 Å². The molecule has 2 aromatic rings. The van der Waals surface area contributed by atoms with Crippen molar-refractivity contribution < 1.29 is 14.0 Å². The highest BCUT2D eigenvalue weighted by atomic mass is 35.5. The number of rotatable bonds is 8. The van der Waals surface area contributed by atoms with Gasteiger partial charge in [0.1, 0.15) is 5.82 Å². The molecule has 1 N–H and O–H groups in total. The van der Waals surface area contributed by atoms with E-state index in [1.54, 1.807) is 18.0 Å². The van der Waals surface area contributed by atoms with Crippen LogP contribution in [0.3, 0.4) is 0 Å². The first-order chi connectivity index (χ1) is 12.4. The van der Waals surface area contributed by atoms with Gasteiger partial charge in [-0.1, -0.05) is 48.0 Å². The molecule has 0 bridgehead atoms. The molecule has 0 saturated carbocycles. The van der Waals surface area contributed by atoms with E-state index in [-0.39, 0.29) is 24.8 Å². The minimum absolute atomic E-state index is 0.0310. The van der Waals surface area contributed by atoms with E-state index < -0.39 is 11.9 Å². The van der Waals surface area contributed by atoms with Crippen molar-refractivity contribution in [2.24, 2.45) is 0 Å². The average molecular weight is 377 g/mol. The lowest BCUT2D eigenvalue weighted by Gasteiger charge is -2.20. The van der Waals surface area contributed by atoms with Crippen molar-refractivity contribution in [1.29, 1.82) is 0 Å². The number of amides is 1. The Morgan fingerprint density at radius 1 is 1.15 bits per heavy atom. The molecule has 2 aromatic carbocycles. The number of likely N-dealkylation sites (N-methyl/N-ethyl adjacent to an activating group) is 1. The number of benzene rings is 2. The SMILES string of the molecule is CC(=O)[C@H](Cc1ccccc1)NC(=O)CN(C)Cc1c(F)cccc1Cl. The Balaban J connectivity index is 1.94. The van der Waals surface area contributed by atoms with Crippen molar-refractivity contribution in [3.8, 4) is 0 Å². The second-order valence-electron chi connectivity index (χ2n) is 6.29. The number of nitrogens with zero attached hydrogens (tertiary/aromatic N) is 1. The summed E-state index contributed by atoms with van der Waals surface area (Å²) in [6.07, 6.45) is 0.435. The highest BCUT2D eigenvalue weighted by Crippen LogP contribution is 2.20. The first-order valence-electron chi connectivity index (χ1n) is 8.32. The van der Waals surface area contributed by atoms with Crippen molar-refractivity contribution in [3.63, 3.8) is 0 Å². The Labute approximate surface area is 158 Å². The quantitative estimate of drug-likeness (QED) is 0.769. The lowest BCUT2D eigenvalue weighted by Crippen LogP contribution is -2.45. The third-order valence-corrected chi connectivity index (χ3v) is 4.37. The largest absolute Gasteiger partial charge is 0.345 e. The Bertz CT molecular complexity index is 747. The fourth-order valence-electron chi connectivity index (χ4n) is 2.64. The van der Waals surface area contributed by atoms with Crippen LogP contribution in [0.15, 0.2) is 48.5 Å². The molecule has 2 rings (SSSR count). The summed E-state index contributed by atoms with van der Waals surface area (Å²) < 4.78 is 13.9. The summed E-state index contributed by atoms with van der Waals surface area (Å²) in [5, 5.41) is 3.08. The van der Waals surface area contributed by atoms with Gasteiger partial charge in [0.05, 0.1) is 12.6 Å². The molecule has 138 valence electrons. The topological polar surface area (TPSA) is 49.4 Å². The molecule has 0 aliphatic carbocycles. The fraction of sp³-hybridized carbons (Fsp3) is 0.300. The van der Waals surface area contributed by atoms with Gasteiger partial charge in [-0.15, -0.1) is 0 Å². The molecule has 0 radical (unpaired) electrons. The summed E-state index contributed by atoms with van der Waals surface area (Å²) in [4.78, 5) is 25.8. The molecule has 1 amide bonds. The molecule has 4 nitrogen and oxygen atoms in total. The van der Waals surface area contributed by atoms with Crippen LogP contribution in [0.25, 0.3) is 0 Å². The highest BCUT2D eigenvalue weighted by molar-refractivity contribution is 6.31. The molecule has 6 heteroatoms. The lowest BCUT2D eigenvalue weighted by atomic mass is 10.0. The zero-order valence-corrected chi connectivity index (χ0v) is 15.6. The summed E-state index contributed by atoms with van der Waals surface area (Å²) in [5.74, 6) is -0.812. The van der Waals surface area contributed by atoms with Crippen LogP contribution in [0.2, 0.25) is 5.02 Å². The molecule has 0 saturated heterocycles. The molecule has 0 spiro atoms. The predicted octanol–water partition coefficient (Wildman–Crippen LogP) is 3.23. The summed E-state index contributed by atoms with van der Waals surface area (Å²) in [5.41, 5.74) is 1.32. The van der Waals surface area contributed by atoms with Crippen LogP contribution in [0.1, 0.15) is 18.1 Å². The van der Waals surface area contributed by atoms with Gasteiger partial charge in [0.15, 0.2) is 5.78 Å². The van der Waals surface area contributed by atoms with Gasteiger partial charge in [0, 0.05) is 17.1 Å². The normalized spacial score (nSPS) is 12.0. The van der Waals surface area contributed by atoms with Crippen LogP contribution >= 0.6 is 11.6 Å². The third kappa shape index (κ3) is 5.93. The number of Topliss-reactive ketones (excluding diaryl/α,β-unsaturated/α-hetero) is 1. The molecule has 0 heterocycles. The average Bonchev–Trinajstić information content (AvgIpc) is 2.58. The number of carbonyl (C=O) groups is 2. The van der Waals surface area contributed by atoms with Crippen LogP contribution in [0, 0.1) is 5.82 Å². The lowest BCUT2D eigenvalue weighted by molar-refractivity contribution is -0.127. The summed E-state index contributed by atoms with van der Waals surface area (Å²) in [6, 6.07) is 13.4. The molecule has 1 atom stereocenters. The monoisotopic (exact) mass is 376 g/mol. The van der Waals surface area contributed by atoms with E-state index >= 15 is 0 Å². The first-order valence-corrected chi connectivity index (χ1v) is 8.69. The first kappa shape index (κ1) is 20.1. The minimum atomic E-state index is -0.588. The number of nitrogens with one attached hydrogen (secondary N) is 1. The molecule has 0 aliphatic rings. The van der Waals surface area contributed by atoms with Gasteiger partial charge in [-0.2, -0.15) is 0 Å². The Morgan fingerprint density at radius 2 is 1.85 bits per heavy atom.